The third-order valence-electron chi connectivity index (χ3n) is 9.31. The van der Waals surface area contributed by atoms with Crippen LogP contribution in [0.25, 0.3) is 73.4 Å². The summed E-state index contributed by atoms with van der Waals surface area (Å²) in [6.07, 6.45) is 8.42. The van der Waals surface area contributed by atoms with Crippen LogP contribution in [-0.4, -0.2) is 14.5 Å². The molecule has 0 bridgehead atoms. The van der Waals surface area contributed by atoms with E-state index in [0.29, 0.717) is 5.82 Å². The summed E-state index contributed by atoms with van der Waals surface area (Å²) >= 11 is 0. The lowest BCUT2D eigenvalue weighted by atomic mass is 9.79. The summed E-state index contributed by atoms with van der Waals surface area (Å²) in [6.45, 7) is 11.2. The second-order valence-electron chi connectivity index (χ2n) is 12.2. The standard InChI is InChI=1S/C42H33N3/c1-5-17-30-29(6-2)36-37-40(33-24-15-16-25-34(33)42(37,3)4)45(39(36)32-23-14-13-22-31(30)32)35-26-43-41(28-20-11-8-12-21-28)44-38(35)27-18-9-7-10-19-27/h5-26H,2H2,1,3-4H3/b17-5-. The molecule has 0 saturated heterocycles. The maximum Gasteiger partial charge on any atom is 0.159 e. The molecule has 1 aliphatic rings. The van der Waals surface area contributed by atoms with Crippen LogP contribution in [0.1, 0.15) is 43.0 Å². The van der Waals surface area contributed by atoms with Crippen LogP contribution in [-0.2, 0) is 5.41 Å². The van der Waals surface area contributed by atoms with Crippen molar-refractivity contribution in [2.75, 3.05) is 0 Å². The van der Waals surface area contributed by atoms with Gasteiger partial charge in [-0.2, -0.15) is 0 Å². The van der Waals surface area contributed by atoms with E-state index in [9.17, 15) is 0 Å². The molecule has 0 unspecified atom stereocenters. The normalized spacial score (nSPS) is 13.4. The lowest BCUT2D eigenvalue weighted by Gasteiger charge is -2.23. The van der Waals surface area contributed by atoms with Gasteiger partial charge in [-0.25, -0.2) is 9.97 Å². The van der Waals surface area contributed by atoms with Crippen molar-refractivity contribution in [3.63, 3.8) is 0 Å². The van der Waals surface area contributed by atoms with Crippen molar-refractivity contribution in [2.45, 2.75) is 26.2 Å². The number of rotatable bonds is 5. The van der Waals surface area contributed by atoms with Gasteiger partial charge in [-0.1, -0.05) is 148 Å². The van der Waals surface area contributed by atoms with E-state index >= 15 is 0 Å². The number of allylic oxidation sites excluding steroid dienone is 1. The fourth-order valence-electron chi connectivity index (χ4n) is 7.40. The molecular weight excluding hydrogens is 546 g/mol. The molecule has 7 aromatic rings. The molecule has 216 valence electrons. The fraction of sp³-hybridized carbons (Fsp3) is 0.0952. The van der Waals surface area contributed by atoms with Crippen LogP contribution in [0, 0.1) is 0 Å². The van der Waals surface area contributed by atoms with E-state index < -0.39 is 0 Å². The Balaban J connectivity index is 1.61. The first-order valence-electron chi connectivity index (χ1n) is 15.5. The Bertz CT molecular complexity index is 2300. The van der Waals surface area contributed by atoms with Crippen LogP contribution in [0.4, 0.5) is 0 Å². The highest BCUT2D eigenvalue weighted by molar-refractivity contribution is 6.18. The van der Waals surface area contributed by atoms with E-state index in [2.05, 4.69) is 135 Å². The van der Waals surface area contributed by atoms with E-state index in [1.807, 2.05) is 30.5 Å². The molecule has 3 nitrogen and oxygen atoms in total. The van der Waals surface area contributed by atoms with Gasteiger partial charge in [0.2, 0.25) is 0 Å². The first-order chi connectivity index (χ1) is 22.0. The molecule has 45 heavy (non-hydrogen) atoms. The Morgan fingerprint density at radius 3 is 2.09 bits per heavy atom. The molecular formula is C42H33N3. The smallest absolute Gasteiger partial charge is 0.159 e. The summed E-state index contributed by atoms with van der Waals surface area (Å²) in [5.74, 6) is 0.707. The van der Waals surface area contributed by atoms with Crippen LogP contribution in [0.3, 0.4) is 0 Å². The minimum atomic E-state index is -0.236. The lowest BCUT2D eigenvalue weighted by Crippen LogP contribution is -2.15. The van der Waals surface area contributed by atoms with Crippen molar-refractivity contribution in [3.05, 3.63) is 150 Å². The topological polar surface area (TPSA) is 30.7 Å². The zero-order valence-corrected chi connectivity index (χ0v) is 25.8. The van der Waals surface area contributed by atoms with Crippen molar-refractivity contribution in [1.82, 2.24) is 14.5 Å². The minimum absolute atomic E-state index is 0.236. The van der Waals surface area contributed by atoms with Gasteiger partial charge in [0.15, 0.2) is 5.82 Å². The van der Waals surface area contributed by atoms with E-state index in [1.54, 1.807) is 0 Å². The number of hydrogen-bond donors (Lipinski definition) is 0. The van der Waals surface area contributed by atoms with Crippen molar-refractivity contribution in [3.8, 4) is 39.6 Å². The van der Waals surface area contributed by atoms with Crippen LogP contribution < -0.4 is 0 Å². The van der Waals surface area contributed by atoms with E-state index in [4.69, 9.17) is 9.97 Å². The molecule has 1 aliphatic carbocycles. The van der Waals surface area contributed by atoms with Gasteiger partial charge >= 0.3 is 0 Å². The second-order valence-corrected chi connectivity index (χ2v) is 12.2. The van der Waals surface area contributed by atoms with Crippen molar-refractivity contribution < 1.29 is 0 Å². The van der Waals surface area contributed by atoms with Crippen LogP contribution in [0.2, 0.25) is 0 Å². The van der Waals surface area contributed by atoms with Gasteiger partial charge in [-0.15, -0.1) is 0 Å². The Hall–Kier alpha value is -5.54. The highest BCUT2D eigenvalue weighted by Crippen LogP contribution is 2.56. The molecule has 0 fully saturated rings. The van der Waals surface area contributed by atoms with Crippen LogP contribution in [0.5, 0.6) is 0 Å². The molecule has 8 rings (SSSR count). The quantitative estimate of drug-likeness (QED) is 0.203. The number of fused-ring (bicyclic) bond motifs is 7. The Labute approximate surface area is 263 Å². The number of nitrogens with zero attached hydrogens (tertiary/aromatic N) is 3. The molecule has 0 aliphatic heterocycles. The molecule has 0 N–H and O–H groups in total. The van der Waals surface area contributed by atoms with Gasteiger partial charge in [-0.3, -0.25) is 0 Å². The summed E-state index contributed by atoms with van der Waals surface area (Å²) in [6, 6.07) is 38.3. The first kappa shape index (κ1) is 27.0. The molecule has 0 radical (unpaired) electrons. The third kappa shape index (κ3) is 3.90. The average molecular weight is 580 g/mol. The summed E-state index contributed by atoms with van der Waals surface area (Å²) in [5, 5.41) is 3.63. The van der Waals surface area contributed by atoms with Gasteiger partial charge in [0.25, 0.3) is 0 Å². The molecule has 3 heteroatoms. The SMILES string of the molecule is C=Cc1c(/C=C\C)c2ccccc2c2c1c1c(n2-c2cnc(-c3ccccc3)nc2-c2ccccc2)-c2ccccc2C1(C)C. The fourth-order valence-corrected chi connectivity index (χ4v) is 7.40. The minimum Gasteiger partial charge on any atom is -0.305 e. The monoisotopic (exact) mass is 579 g/mol. The highest BCUT2D eigenvalue weighted by Gasteiger charge is 2.42. The predicted octanol–water partition coefficient (Wildman–Crippen LogP) is 10.9. The molecule has 2 heterocycles. The molecule has 2 aromatic heterocycles. The summed E-state index contributed by atoms with van der Waals surface area (Å²) in [5.41, 5.74) is 12.2. The molecule has 0 atom stereocenters. The molecule has 0 saturated carbocycles. The maximum atomic E-state index is 5.30. The Kier molecular flexibility index (Phi) is 6.18. The summed E-state index contributed by atoms with van der Waals surface area (Å²) in [7, 11) is 0. The zero-order valence-electron chi connectivity index (χ0n) is 25.8. The number of benzene rings is 5. The van der Waals surface area contributed by atoms with Crippen molar-refractivity contribution in [2.24, 2.45) is 0 Å². The molecule has 0 amide bonds. The molecule has 5 aromatic carbocycles. The zero-order chi connectivity index (χ0) is 30.7. The van der Waals surface area contributed by atoms with Gasteiger partial charge in [0, 0.05) is 32.9 Å². The summed E-state index contributed by atoms with van der Waals surface area (Å²) in [4.78, 5) is 10.3. The van der Waals surface area contributed by atoms with Crippen LogP contribution >= 0.6 is 0 Å². The number of aromatic nitrogens is 3. The maximum absolute atomic E-state index is 5.30. The van der Waals surface area contributed by atoms with Gasteiger partial charge in [0.1, 0.15) is 0 Å². The summed E-state index contributed by atoms with van der Waals surface area (Å²) < 4.78 is 2.45. The first-order valence-corrected chi connectivity index (χ1v) is 15.5. The van der Waals surface area contributed by atoms with E-state index in [1.165, 1.54) is 44.1 Å². The van der Waals surface area contributed by atoms with Gasteiger partial charge in [-0.05, 0) is 34.6 Å². The number of hydrogen-bond acceptors (Lipinski definition) is 2. The van der Waals surface area contributed by atoms with Gasteiger partial charge in [0.05, 0.1) is 28.8 Å². The lowest BCUT2D eigenvalue weighted by molar-refractivity contribution is 0.666. The average Bonchev–Trinajstić information content (AvgIpc) is 3.56. The molecule has 0 spiro atoms. The second kappa shape index (κ2) is 10.3. The van der Waals surface area contributed by atoms with Gasteiger partial charge < -0.3 is 4.57 Å². The highest BCUT2D eigenvalue weighted by atomic mass is 15.1. The third-order valence-corrected chi connectivity index (χ3v) is 9.31. The van der Waals surface area contributed by atoms with E-state index in [-0.39, 0.29) is 5.41 Å². The van der Waals surface area contributed by atoms with E-state index in [0.717, 1.165) is 33.6 Å². The van der Waals surface area contributed by atoms with Crippen molar-refractivity contribution >= 4 is 33.8 Å². The Morgan fingerprint density at radius 2 is 1.38 bits per heavy atom. The van der Waals surface area contributed by atoms with Crippen molar-refractivity contribution in [1.29, 1.82) is 0 Å². The largest absolute Gasteiger partial charge is 0.305 e. The van der Waals surface area contributed by atoms with Crippen LogP contribution in [0.15, 0.2) is 128 Å². The Morgan fingerprint density at radius 1 is 0.733 bits per heavy atom. The predicted molar refractivity (Wildman–Crippen MR) is 190 cm³/mol.